The molecule has 24 heavy (non-hydrogen) atoms. The third-order valence-electron chi connectivity index (χ3n) is 4.70. The quantitative estimate of drug-likeness (QED) is 0.636. The Kier molecular flexibility index (Phi) is 5.61. The highest BCUT2D eigenvalue weighted by molar-refractivity contribution is 8.00. The molecule has 1 fully saturated rings. The van der Waals surface area contributed by atoms with Gasteiger partial charge in [-0.25, -0.2) is 0 Å². The first-order valence-corrected chi connectivity index (χ1v) is 9.71. The number of benzene rings is 1. The highest BCUT2D eigenvalue weighted by atomic mass is 32.2. The van der Waals surface area contributed by atoms with Gasteiger partial charge in [0.25, 0.3) is 0 Å². The Morgan fingerprint density at radius 1 is 1.29 bits per heavy atom. The van der Waals surface area contributed by atoms with Gasteiger partial charge in [-0.15, -0.1) is 0 Å². The number of nitrogens with one attached hydrogen (secondary N) is 1. The summed E-state index contributed by atoms with van der Waals surface area (Å²) in [5, 5.41) is 5.00. The van der Waals surface area contributed by atoms with Crippen LogP contribution in [0.4, 0.5) is 0 Å². The molecule has 0 unspecified atom stereocenters. The Bertz CT molecular complexity index is 732. The molecule has 1 aliphatic carbocycles. The number of nitrogens with zero attached hydrogens (tertiary/aromatic N) is 1. The van der Waals surface area contributed by atoms with Gasteiger partial charge in [0.1, 0.15) is 0 Å². The van der Waals surface area contributed by atoms with Crippen LogP contribution in [0, 0.1) is 0 Å². The third kappa shape index (κ3) is 3.51. The van der Waals surface area contributed by atoms with Crippen LogP contribution in [0.5, 0.6) is 0 Å². The van der Waals surface area contributed by atoms with E-state index in [2.05, 4.69) is 16.8 Å². The topological polar surface area (TPSA) is 51.1 Å². The number of hydrogen-bond acceptors (Lipinski definition) is 3. The number of fused-ring (bicyclic) bond motifs is 1. The number of carbonyl (C=O) groups is 2. The summed E-state index contributed by atoms with van der Waals surface area (Å²) in [5.74, 6) is 0.421. The lowest BCUT2D eigenvalue weighted by atomic mass is 9.95. The smallest absolute Gasteiger partial charge is 0.230 e. The first-order valence-electron chi connectivity index (χ1n) is 8.73. The molecule has 0 radical (unpaired) electrons. The SMILES string of the molecule is CCn1c(SCC(=O)NC2CCCCC2)c(C=O)c2ccccc21. The lowest BCUT2D eigenvalue weighted by Crippen LogP contribution is -2.37. The van der Waals surface area contributed by atoms with E-state index >= 15 is 0 Å². The van der Waals surface area contributed by atoms with Crippen molar-refractivity contribution in [2.24, 2.45) is 0 Å². The number of thioether (sulfide) groups is 1. The Labute approximate surface area is 147 Å². The van der Waals surface area contributed by atoms with Gasteiger partial charge in [-0.1, -0.05) is 49.2 Å². The van der Waals surface area contributed by atoms with Crippen LogP contribution in [0.15, 0.2) is 29.3 Å². The van der Waals surface area contributed by atoms with Gasteiger partial charge in [0, 0.05) is 23.5 Å². The molecule has 1 N–H and O–H groups in total. The number of amides is 1. The van der Waals surface area contributed by atoms with E-state index in [9.17, 15) is 9.59 Å². The number of carbonyl (C=O) groups excluding carboxylic acids is 2. The van der Waals surface area contributed by atoms with Crippen molar-refractivity contribution < 1.29 is 9.59 Å². The maximum absolute atomic E-state index is 12.3. The Morgan fingerprint density at radius 2 is 2.04 bits per heavy atom. The van der Waals surface area contributed by atoms with Crippen molar-refractivity contribution in [3.05, 3.63) is 29.8 Å². The fourth-order valence-corrected chi connectivity index (χ4v) is 4.59. The monoisotopic (exact) mass is 344 g/mol. The van der Waals surface area contributed by atoms with Crippen LogP contribution in [0.25, 0.3) is 10.9 Å². The van der Waals surface area contributed by atoms with Crippen LogP contribution in [-0.4, -0.2) is 28.6 Å². The number of aromatic nitrogens is 1. The van der Waals surface area contributed by atoms with Crippen LogP contribution in [-0.2, 0) is 11.3 Å². The van der Waals surface area contributed by atoms with E-state index in [1.165, 1.54) is 31.0 Å². The number of aryl methyl sites for hydroxylation is 1. The Morgan fingerprint density at radius 3 is 2.75 bits per heavy atom. The van der Waals surface area contributed by atoms with Crippen LogP contribution in [0.2, 0.25) is 0 Å². The summed E-state index contributed by atoms with van der Waals surface area (Å²) in [6.07, 6.45) is 6.78. The van der Waals surface area contributed by atoms with Crippen molar-refractivity contribution in [3.63, 3.8) is 0 Å². The van der Waals surface area contributed by atoms with Crippen molar-refractivity contribution >= 4 is 34.9 Å². The van der Waals surface area contributed by atoms with Gasteiger partial charge in [-0.3, -0.25) is 9.59 Å². The largest absolute Gasteiger partial charge is 0.353 e. The molecular weight excluding hydrogens is 320 g/mol. The van der Waals surface area contributed by atoms with E-state index < -0.39 is 0 Å². The average Bonchev–Trinajstić information content (AvgIpc) is 2.93. The molecule has 1 aliphatic rings. The van der Waals surface area contributed by atoms with E-state index in [1.807, 2.05) is 24.3 Å². The fourth-order valence-electron chi connectivity index (χ4n) is 3.54. The van der Waals surface area contributed by atoms with Crippen LogP contribution in [0.1, 0.15) is 49.4 Å². The highest BCUT2D eigenvalue weighted by Gasteiger charge is 2.19. The number of rotatable bonds is 6. The molecule has 1 aromatic heterocycles. The molecule has 1 aromatic carbocycles. The zero-order chi connectivity index (χ0) is 16.9. The molecule has 2 aromatic rings. The van der Waals surface area contributed by atoms with Crippen molar-refractivity contribution in [1.29, 1.82) is 0 Å². The van der Waals surface area contributed by atoms with Gasteiger partial charge in [-0.2, -0.15) is 0 Å². The van der Waals surface area contributed by atoms with Crippen molar-refractivity contribution in [2.75, 3.05) is 5.75 Å². The van der Waals surface area contributed by atoms with Crippen LogP contribution in [0.3, 0.4) is 0 Å². The van der Waals surface area contributed by atoms with Gasteiger partial charge < -0.3 is 9.88 Å². The molecular formula is C19H24N2O2S. The van der Waals surface area contributed by atoms with E-state index in [1.54, 1.807) is 0 Å². The number of para-hydroxylation sites is 1. The summed E-state index contributed by atoms with van der Waals surface area (Å²) in [5.41, 5.74) is 1.75. The lowest BCUT2D eigenvalue weighted by Gasteiger charge is -2.22. The standard InChI is InChI=1S/C19H24N2O2S/c1-2-21-17-11-7-6-10-15(17)16(12-22)19(21)24-13-18(23)20-14-8-4-3-5-9-14/h6-7,10-12,14H,2-5,8-9,13H2,1H3,(H,20,23). The van der Waals surface area contributed by atoms with Gasteiger partial charge in [-0.05, 0) is 25.8 Å². The second-order valence-corrected chi connectivity index (χ2v) is 7.25. The average molecular weight is 344 g/mol. The second-order valence-electron chi connectivity index (χ2n) is 6.29. The Balaban J connectivity index is 1.74. The highest BCUT2D eigenvalue weighted by Crippen LogP contribution is 2.32. The van der Waals surface area contributed by atoms with Crippen molar-refractivity contribution in [2.45, 2.75) is 56.6 Å². The predicted octanol–water partition coefficient (Wildman–Crippen LogP) is 4.01. The minimum atomic E-state index is 0.0664. The van der Waals surface area contributed by atoms with Crippen LogP contribution < -0.4 is 5.32 Å². The molecule has 0 atom stereocenters. The maximum Gasteiger partial charge on any atom is 0.230 e. The molecule has 0 bridgehead atoms. The molecule has 1 saturated carbocycles. The van der Waals surface area contributed by atoms with Gasteiger partial charge in [0.05, 0.1) is 16.3 Å². The minimum absolute atomic E-state index is 0.0664. The molecule has 0 spiro atoms. The first-order chi connectivity index (χ1) is 11.7. The molecule has 5 heteroatoms. The minimum Gasteiger partial charge on any atom is -0.353 e. The first kappa shape index (κ1) is 17.1. The number of hydrogen-bond donors (Lipinski definition) is 1. The summed E-state index contributed by atoms with van der Waals surface area (Å²) in [7, 11) is 0. The van der Waals surface area contributed by atoms with E-state index in [-0.39, 0.29) is 5.91 Å². The molecule has 1 heterocycles. The van der Waals surface area contributed by atoms with Gasteiger partial charge in [0.2, 0.25) is 5.91 Å². The summed E-state index contributed by atoms with van der Waals surface area (Å²) in [6, 6.07) is 8.25. The third-order valence-corrected chi connectivity index (χ3v) is 5.83. The molecule has 0 saturated heterocycles. The van der Waals surface area contributed by atoms with Crippen LogP contribution >= 0.6 is 11.8 Å². The van der Waals surface area contributed by atoms with Crippen molar-refractivity contribution in [3.8, 4) is 0 Å². The maximum atomic E-state index is 12.3. The van der Waals surface area contributed by atoms with E-state index in [4.69, 9.17) is 0 Å². The molecule has 0 aliphatic heterocycles. The lowest BCUT2D eigenvalue weighted by molar-refractivity contribution is -0.119. The molecule has 3 rings (SSSR count). The summed E-state index contributed by atoms with van der Waals surface area (Å²) < 4.78 is 2.12. The van der Waals surface area contributed by atoms with Crippen molar-refractivity contribution in [1.82, 2.24) is 9.88 Å². The summed E-state index contributed by atoms with van der Waals surface area (Å²) >= 11 is 1.46. The predicted molar refractivity (Wildman–Crippen MR) is 98.7 cm³/mol. The summed E-state index contributed by atoms with van der Waals surface area (Å²) in [6.45, 7) is 2.84. The van der Waals surface area contributed by atoms with Gasteiger partial charge in [0.15, 0.2) is 6.29 Å². The fraction of sp³-hybridized carbons (Fsp3) is 0.474. The molecule has 128 valence electrons. The zero-order valence-electron chi connectivity index (χ0n) is 14.1. The Hall–Kier alpha value is -1.75. The molecule has 1 amide bonds. The number of aldehydes is 1. The zero-order valence-corrected chi connectivity index (χ0v) is 14.9. The normalized spacial score (nSPS) is 15.5. The molecule has 4 nitrogen and oxygen atoms in total. The van der Waals surface area contributed by atoms with E-state index in [0.717, 1.165) is 41.6 Å². The second kappa shape index (κ2) is 7.88. The van der Waals surface area contributed by atoms with Gasteiger partial charge >= 0.3 is 0 Å². The summed E-state index contributed by atoms with van der Waals surface area (Å²) in [4.78, 5) is 23.9. The van der Waals surface area contributed by atoms with E-state index in [0.29, 0.717) is 17.4 Å².